The second kappa shape index (κ2) is 8.98. The molecule has 1 aliphatic rings. The van der Waals surface area contributed by atoms with E-state index in [-0.39, 0.29) is 23.2 Å². The molecule has 0 amide bonds. The van der Waals surface area contributed by atoms with Crippen LogP contribution in [0, 0.1) is 11.7 Å². The van der Waals surface area contributed by atoms with E-state index in [1.165, 1.54) is 23.6 Å². The molecule has 0 bridgehead atoms. The lowest BCUT2D eigenvalue weighted by Gasteiger charge is -2.31. The van der Waals surface area contributed by atoms with Gasteiger partial charge in [-0.05, 0) is 68.2 Å². The van der Waals surface area contributed by atoms with Crippen molar-refractivity contribution < 1.29 is 14.0 Å². The van der Waals surface area contributed by atoms with Gasteiger partial charge in [0.15, 0.2) is 5.78 Å². The molecule has 1 aromatic heterocycles. The second-order valence-electron chi connectivity index (χ2n) is 8.20. The van der Waals surface area contributed by atoms with Crippen molar-refractivity contribution >= 4 is 22.7 Å². The number of nitrogens with zero attached hydrogens (tertiary/aromatic N) is 3. The van der Waals surface area contributed by atoms with Gasteiger partial charge >= 0.3 is 5.69 Å². The molecule has 0 radical (unpaired) electrons. The summed E-state index contributed by atoms with van der Waals surface area (Å²) in [6.07, 6.45) is 2.30. The number of ketones is 1. The van der Waals surface area contributed by atoms with Crippen LogP contribution in [0.2, 0.25) is 0 Å². The highest BCUT2D eigenvalue weighted by atomic mass is 19.1. The zero-order chi connectivity index (χ0) is 22.0. The van der Waals surface area contributed by atoms with Crippen LogP contribution < -0.4 is 5.69 Å². The summed E-state index contributed by atoms with van der Waals surface area (Å²) in [5.41, 5.74) is 1.67. The van der Waals surface area contributed by atoms with Gasteiger partial charge in [-0.25, -0.2) is 13.8 Å². The van der Waals surface area contributed by atoms with Gasteiger partial charge in [-0.2, -0.15) is 0 Å². The van der Waals surface area contributed by atoms with Gasteiger partial charge in [0, 0.05) is 32.0 Å². The molecule has 2 aromatic carbocycles. The molecule has 6 nitrogen and oxygen atoms in total. The predicted octanol–water partition coefficient (Wildman–Crippen LogP) is 3.59. The molecule has 0 saturated carbocycles. The van der Waals surface area contributed by atoms with Crippen molar-refractivity contribution in [2.24, 2.45) is 5.92 Å². The Morgan fingerprint density at radius 3 is 2.26 bits per heavy atom. The summed E-state index contributed by atoms with van der Waals surface area (Å²) < 4.78 is 15.9. The highest BCUT2D eigenvalue weighted by molar-refractivity contribution is 5.96. The third-order valence-corrected chi connectivity index (χ3v) is 6.14. The highest BCUT2D eigenvalue weighted by Gasteiger charge is 2.23. The third kappa shape index (κ3) is 4.51. The molecule has 0 aliphatic carbocycles. The maximum atomic E-state index is 13.0. The summed E-state index contributed by atoms with van der Waals surface area (Å²) in [4.78, 5) is 39.4. The molecule has 0 atom stereocenters. The Kier molecular flexibility index (Phi) is 6.13. The first kappa shape index (κ1) is 21.2. The normalized spacial score (nSPS) is 15.4. The van der Waals surface area contributed by atoms with Crippen molar-refractivity contribution in [1.29, 1.82) is 0 Å². The van der Waals surface area contributed by atoms with Crippen LogP contribution in [-0.4, -0.2) is 45.4 Å². The van der Waals surface area contributed by atoms with Crippen LogP contribution in [0.4, 0.5) is 4.39 Å². The minimum absolute atomic E-state index is 0.0574. The molecule has 162 valence electrons. The smallest absolute Gasteiger partial charge is 0.302 e. The lowest BCUT2D eigenvalue weighted by atomic mass is 9.90. The monoisotopic (exact) mass is 423 g/mol. The number of imidazole rings is 1. The quantitative estimate of drug-likeness (QED) is 0.569. The molecular weight excluding hydrogens is 397 g/mol. The van der Waals surface area contributed by atoms with E-state index in [0.717, 1.165) is 31.4 Å². The number of carbonyl (C=O) groups is 2. The van der Waals surface area contributed by atoms with Gasteiger partial charge in [0.2, 0.25) is 5.91 Å². The minimum Gasteiger partial charge on any atom is -0.302 e. The number of para-hydroxylation sites is 2. The van der Waals surface area contributed by atoms with Crippen molar-refractivity contribution in [2.45, 2.75) is 32.7 Å². The number of aromatic nitrogens is 2. The van der Waals surface area contributed by atoms with E-state index in [1.807, 2.05) is 18.2 Å². The van der Waals surface area contributed by atoms with Crippen molar-refractivity contribution in [1.82, 2.24) is 14.0 Å². The van der Waals surface area contributed by atoms with Gasteiger partial charge < -0.3 is 4.90 Å². The summed E-state index contributed by atoms with van der Waals surface area (Å²) in [6.45, 7) is 4.35. The Labute approximate surface area is 179 Å². The van der Waals surface area contributed by atoms with E-state index in [0.29, 0.717) is 36.5 Å². The van der Waals surface area contributed by atoms with Crippen LogP contribution in [0.25, 0.3) is 11.0 Å². The van der Waals surface area contributed by atoms with E-state index >= 15 is 0 Å². The van der Waals surface area contributed by atoms with Crippen LogP contribution in [0.15, 0.2) is 53.3 Å². The number of likely N-dealkylation sites (tertiary alicyclic amines) is 1. The Hall–Kier alpha value is -3.06. The topological polar surface area (TPSA) is 64.3 Å². The lowest BCUT2D eigenvalue weighted by molar-refractivity contribution is 0.0918. The molecule has 4 rings (SSSR count). The van der Waals surface area contributed by atoms with E-state index in [4.69, 9.17) is 0 Å². The van der Waals surface area contributed by atoms with Gasteiger partial charge in [-0.15, -0.1) is 0 Å². The zero-order valence-electron chi connectivity index (χ0n) is 17.6. The number of piperidine rings is 1. The molecule has 1 fully saturated rings. The van der Waals surface area contributed by atoms with Crippen LogP contribution in [0.3, 0.4) is 0 Å². The molecular formula is C24H26FN3O3. The van der Waals surface area contributed by atoms with Crippen LogP contribution in [0.1, 0.15) is 41.3 Å². The fourth-order valence-electron chi connectivity index (χ4n) is 4.40. The fourth-order valence-corrected chi connectivity index (χ4v) is 4.40. The average molecular weight is 423 g/mol. The average Bonchev–Trinajstić information content (AvgIpc) is 3.05. The molecule has 0 spiro atoms. The van der Waals surface area contributed by atoms with Crippen molar-refractivity contribution in [3.8, 4) is 0 Å². The summed E-state index contributed by atoms with van der Waals surface area (Å²) in [7, 11) is 0. The van der Waals surface area contributed by atoms with E-state index < -0.39 is 0 Å². The number of Topliss-reactive ketones (excluding diaryl/α,β-unsaturated/α-hetero) is 1. The first-order valence-corrected chi connectivity index (χ1v) is 10.7. The van der Waals surface area contributed by atoms with Crippen molar-refractivity contribution in [3.05, 3.63) is 70.4 Å². The Morgan fingerprint density at radius 1 is 0.968 bits per heavy atom. The number of carbonyl (C=O) groups excluding carboxylic acids is 2. The number of hydrogen-bond acceptors (Lipinski definition) is 4. The largest absolute Gasteiger partial charge is 0.336 e. The van der Waals surface area contributed by atoms with Gasteiger partial charge in [0.1, 0.15) is 5.82 Å². The van der Waals surface area contributed by atoms with E-state index in [9.17, 15) is 18.8 Å². The maximum Gasteiger partial charge on any atom is 0.336 e. The highest BCUT2D eigenvalue weighted by Crippen LogP contribution is 2.23. The first-order chi connectivity index (χ1) is 14.9. The number of fused-ring (bicyclic) bond motifs is 1. The predicted molar refractivity (Wildman–Crippen MR) is 117 cm³/mol. The third-order valence-electron chi connectivity index (χ3n) is 6.14. The lowest BCUT2D eigenvalue weighted by Crippen LogP contribution is -2.38. The van der Waals surface area contributed by atoms with Crippen LogP contribution in [-0.2, 0) is 6.54 Å². The maximum absolute atomic E-state index is 13.0. The summed E-state index contributed by atoms with van der Waals surface area (Å²) >= 11 is 0. The second-order valence-corrected chi connectivity index (χ2v) is 8.20. The molecule has 31 heavy (non-hydrogen) atoms. The molecule has 0 N–H and O–H groups in total. The molecule has 1 saturated heterocycles. The molecule has 3 aromatic rings. The number of halogens is 1. The molecule has 7 heteroatoms. The van der Waals surface area contributed by atoms with Crippen LogP contribution >= 0.6 is 0 Å². The zero-order valence-corrected chi connectivity index (χ0v) is 17.6. The van der Waals surface area contributed by atoms with E-state index in [1.54, 1.807) is 22.8 Å². The van der Waals surface area contributed by atoms with Gasteiger partial charge in [0.05, 0.1) is 11.0 Å². The van der Waals surface area contributed by atoms with E-state index in [2.05, 4.69) is 4.90 Å². The summed E-state index contributed by atoms with van der Waals surface area (Å²) in [5, 5.41) is 0. The first-order valence-electron chi connectivity index (χ1n) is 10.7. The van der Waals surface area contributed by atoms with Crippen LogP contribution in [0.5, 0.6) is 0 Å². The SMILES string of the molecule is CC(=O)n1c(=O)n(CCN2CCC(CC(=O)c3ccc(F)cc3)CC2)c2ccccc21. The number of benzene rings is 2. The Balaban J connectivity index is 1.34. The summed E-state index contributed by atoms with van der Waals surface area (Å²) in [5.74, 6) is -0.250. The Bertz CT molecular complexity index is 1160. The fraction of sp³-hybridized carbons (Fsp3) is 0.375. The Morgan fingerprint density at radius 2 is 1.61 bits per heavy atom. The van der Waals surface area contributed by atoms with Gasteiger partial charge in [-0.3, -0.25) is 14.2 Å². The summed E-state index contributed by atoms with van der Waals surface area (Å²) in [6, 6.07) is 13.1. The molecule has 0 unspecified atom stereocenters. The minimum atomic E-state index is -0.338. The van der Waals surface area contributed by atoms with Crippen molar-refractivity contribution in [2.75, 3.05) is 19.6 Å². The van der Waals surface area contributed by atoms with Gasteiger partial charge in [0.25, 0.3) is 0 Å². The van der Waals surface area contributed by atoms with Crippen molar-refractivity contribution in [3.63, 3.8) is 0 Å². The number of rotatable bonds is 6. The molecule has 2 heterocycles. The number of hydrogen-bond donors (Lipinski definition) is 0. The standard InChI is InChI=1S/C24H26FN3O3/c1-17(29)28-22-5-3-2-4-21(22)27(24(28)31)15-14-26-12-10-18(11-13-26)16-23(30)19-6-8-20(25)9-7-19/h2-9,18H,10-16H2,1H3. The molecule has 1 aliphatic heterocycles. The van der Waals surface area contributed by atoms with Gasteiger partial charge in [-0.1, -0.05) is 12.1 Å².